The molecule has 1 fully saturated rings. The van der Waals surface area contributed by atoms with Crippen LogP contribution in [0.1, 0.15) is 42.9 Å². The highest BCUT2D eigenvalue weighted by atomic mass is 16.5. The minimum Gasteiger partial charge on any atom is -0.385 e. The molecule has 1 saturated heterocycles. The normalized spacial score (nSPS) is 16.2. The summed E-state index contributed by atoms with van der Waals surface area (Å²) in [6.07, 6.45) is 7.39. The smallest absolute Gasteiger partial charge is 0.250 e. The fourth-order valence-corrected chi connectivity index (χ4v) is 5.87. The van der Waals surface area contributed by atoms with E-state index in [9.17, 15) is 9.59 Å². The first-order chi connectivity index (χ1) is 19.9. The Morgan fingerprint density at radius 2 is 2.00 bits per heavy atom. The molecule has 0 radical (unpaired) electrons. The van der Waals surface area contributed by atoms with E-state index in [1.807, 2.05) is 30.3 Å². The zero-order chi connectivity index (χ0) is 28.8. The first-order valence-electron chi connectivity index (χ1n) is 14.4. The van der Waals surface area contributed by atoms with Crippen molar-refractivity contribution in [1.82, 2.24) is 19.4 Å². The van der Waals surface area contributed by atoms with E-state index in [1.165, 1.54) is 5.69 Å². The number of aromatic nitrogens is 3. The number of nitrogens with one attached hydrogen (secondary N) is 2. The first-order valence-corrected chi connectivity index (χ1v) is 14.4. The van der Waals surface area contributed by atoms with Crippen LogP contribution in [0.25, 0.3) is 22.0 Å². The van der Waals surface area contributed by atoms with E-state index in [-0.39, 0.29) is 23.4 Å². The molecule has 4 N–H and O–H groups in total. The van der Waals surface area contributed by atoms with Gasteiger partial charge in [-0.3, -0.25) is 9.59 Å². The van der Waals surface area contributed by atoms with Crippen molar-refractivity contribution < 1.29 is 9.53 Å². The van der Waals surface area contributed by atoms with Gasteiger partial charge in [-0.15, -0.1) is 0 Å². The summed E-state index contributed by atoms with van der Waals surface area (Å²) >= 11 is 0. The Hall–Kier alpha value is -3.95. The summed E-state index contributed by atoms with van der Waals surface area (Å²) in [6.45, 7) is 2.83. The summed E-state index contributed by atoms with van der Waals surface area (Å²) in [5.74, 6) is 1.15. The van der Waals surface area contributed by atoms with E-state index in [2.05, 4.69) is 50.2 Å². The van der Waals surface area contributed by atoms with Crippen LogP contribution in [0.5, 0.6) is 0 Å². The van der Waals surface area contributed by atoms with Crippen molar-refractivity contribution in [3.63, 3.8) is 0 Å². The Balaban J connectivity index is 1.21. The molecule has 1 amide bonds. The predicted octanol–water partition coefficient (Wildman–Crippen LogP) is 4.14. The maximum atomic E-state index is 13.3. The maximum absolute atomic E-state index is 13.3. The van der Waals surface area contributed by atoms with Crippen LogP contribution in [0.4, 0.5) is 5.82 Å². The quantitative estimate of drug-likeness (QED) is 0.239. The average molecular weight is 557 g/mol. The first kappa shape index (κ1) is 28.6. The van der Waals surface area contributed by atoms with Crippen LogP contribution in [0.3, 0.4) is 0 Å². The lowest BCUT2D eigenvalue weighted by Gasteiger charge is -2.34. The molecule has 9 nitrogen and oxygen atoms in total. The van der Waals surface area contributed by atoms with E-state index in [4.69, 9.17) is 10.5 Å². The van der Waals surface area contributed by atoms with E-state index >= 15 is 0 Å². The highest BCUT2D eigenvalue weighted by Crippen LogP contribution is 2.32. The van der Waals surface area contributed by atoms with Crippen molar-refractivity contribution in [2.75, 3.05) is 39.2 Å². The molecule has 0 bridgehead atoms. The fourth-order valence-electron chi connectivity index (χ4n) is 5.87. The van der Waals surface area contributed by atoms with Gasteiger partial charge in [0, 0.05) is 93.9 Å². The molecule has 4 heterocycles. The van der Waals surface area contributed by atoms with Gasteiger partial charge >= 0.3 is 0 Å². The number of aryl methyl sites for hydroxylation is 1. The lowest BCUT2D eigenvalue weighted by Crippen LogP contribution is -2.42. The van der Waals surface area contributed by atoms with Gasteiger partial charge in [-0.2, -0.15) is 0 Å². The SMILES string of the molecule is CNc1ccc(-c2ccc(CC(N)CC(=O)N3CCCC(c4cc5c[nH]c(=O)cc5n4CCCOC)C3)cc2)cn1. The minimum atomic E-state index is -0.253. The second kappa shape index (κ2) is 13.1. The van der Waals surface area contributed by atoms with Crippen molar-refractivity contribution in [3.8, 4) is 11.1 Å². The Morgan fingerprint density at radius 3 is 2.73 bits per heavy atom. The molecule has 1 aliphatic rings. The number of anilines is 1. The Labute approximate surface area is 240 Å². The van der Waals surface area contributed by atoms with Gasteiger partial charge in [-0.25, -0.2) is 4.98 Å². The second-order valence-electron chi connectivity index (χ2n) is 10.9. The molecule has 2 atom stereocenters. The number of ether oxygens (including phenoxy) is 1. The minimum absolute atomic E-state index is 0.103. The summed E-state index contributed by atoms with van der Waals surface area (Å²) in [7, 11) is 3.55. The Kier molecular flexibility index (Phi) is 9.16. The zero-order valence-electron chi connectivity index (χ0n) is 23.9. The second-order valence-corrected chi connectivity index (χ2v) is 10.9. The van der Waals surface area contributed by atoms with Crippen LogP contribution in [-0.4, -0.2) is 65.2 Å². The van der Waals surface area contributed by atoms with Gasteiger partial charge in [0.1, 0.15) is 5.82 Å². The van der Waals surface area contributed by atoms with Crippen LogP contribution < -0.4 is 16.6 Å². The topological polar surface area (TPSA) is 118 Å². The van der Waals surface area contributed by atoms with Crippen molar-refractivity contribution in [1.29, 1.82) is 0 Å². The van der Waals surface area contributed by atoms with Gasteiger partial charge in [-0.05, 0) is 55.0 Å². The van der Waals surface area contributed by atoms with Gasteiger partial charge in [0.25, 0.3) is 0 Å². The number of carbonyl (C=O) groups excluding carboxylic acids is 1. The monoisotopic (exact) mass is 556 g/mol. The molecule has 1 aliphatic heterocycles. The summed E-state index contributed by atoms with van der Waals surface area (Å²) in [4.78, 5) is 34.6. The number of hydrogen-bond acceptors (Lipinski definition) is 6. The summed E-state index contributed by atoms with van der Waals surface area (Å²) in [5, 5.41) is 4.05. The van der Waals surface area contributed by atoms with Crippen molar-refractivity contribution >= 4 is 22.6 Å². The molecule has 0 spiro atoms. The third-order valence-corrected chi connectivity index (χ3v) is 8.00. The van der Waals surface area contributed by atoms with Gasteiger partial charge in [0.15, 0.2) is 0 Å². The third-order valence-electron chi connectivity index (χ3n) is 8.00. The van der Waals surface area contributed by atoms with E-state index in [0.29, 0.717) is 26.0 Å². The number of amides is 1. The molecular weight excluding hydrogens is 516 g/mol. The number of nitrogens with zero attached hydrogens (tertiary/aromatic N) is 3. The number of piperidine rings is 1. The molecule has 5 rings (SSSR count). The number of H-pyrrole nitrogens is 1. The summed E-state index contributed by atoms with van der Waals surface area (Å²) < 4.78 is 7.51. The van der Waals surface area contributed by atoms with Crippen molar-refractivity contribution in [2.45, 2.75) is 50.6 Å². The van der Waals surface area contributed by atoms with Crippen LogP contribution in [0.2, 0.25) is 0 Å². The number of nitrogens with two attached hydrogens (primary N) is 1. The molecule has 41 heavy (non-hydrogen) atoms. The number of rotatable bonds is 11. The fraction of sp³-hybridized carbons (Fsp3) is 0.406. The molecule has 0 aliphatic carbocycles. The summed E-state index contributed by atoms with van der Waals surface area (Å²) in [5.41, 5.74) is 11.7. The molecule has 4 aromatic rings. The summed E-state index contributed by atoms with van der Waals surface area (Å²) in [6, 6.07) is 15.9. The lowest BCUT2D eigenvalue weighted by atomic mass is 9.93. The number of methoxy groups -OCH3 is 1. The van der Waals surface area contributed by atoms with Crippen LogP contribution in [0.15, 0.2) is 65.7 Å². The molecule has 2 unspecified atom stereocenters. The number of benzene rings is 1. The lowest BCUT2D eigenvalue weighted by molar-refractivity contribution is -0.132. The molecule has 216 valence electrons. The van der Waals surface area contributed by atoms with E-state index in [0.717, 1.165) is 65.8 Å². The number of carbonyl (C=O) groups is 1. The number of fused-ring (bicyclic) bond motifs is 1. The van der Waals surface area contributed by atoms with Gasteiger partial charge < -0.3 is 30.2 Å². The van der Waals surface area contributed by atoms with Crippen molar-refractivity contribution in [2.24, 2.45) is 5.73 Å². The largest absolute Gasteiger partial charge is 0.385 e. The van der Waals surface area contributed by atoms with Gasteiger partial charge in [0.05, 0.1) is 5.52 Å². The molecule has 1 aromatic carbocycles. The van der Waals surface area contributed by atoms with Crippen LogP contribution in [0, 0.1) is 0 Å². The third kappa shape index (κ3) is 6.86. The Bertz CT molecular complexity index is 1510. The number of likely N-dealkylation sites (tertiary alicyclic amines) is 1. The molecule has 3 aromatic heterocycles. The maximum Gasteiger partial charge on any atom is 0.250 e. The van der Waals surface area contributed by atoms with Crippen LogP contribution in [-0.2, 0) is 22.5 Å². The molecular formula is C32H40N6O3. The Morgan fingerprint density at radius 1 is 1.20 bits per heavy atom. The van der Waals surface area contributed by atoms with E-state index < -0.39 is 0 Å². The highest BCUT2D eigenvalue weighted by Gasteiger charge is 2.28. The molecule has 0 saturated carbocycles. The zero-order valence-corrected chi connectivity index (χ0v) is 23.9. The van der Waals surface area contributed by atoms with Gasteiger partial charge in [0.2, 0.25) is 11.5 Å². The highest BCUT2D eigenvalue weighted by molar-refractivity contribution is 5.81. The van der Waals surface area contributed by atoms with Crippen LogP contribution >= 0.6 is 0 Å². The number of pyridine rings is 2. The van der Waals surface area contributed by atoms with Crippen molar-refractivity contribution in [3.05, 3.63) is 82.5 Å². The molecule has 9 heteroatoms. The predicted molar refractivity (Wildman–Crippen MR) is 163 cm³/mol. The van der Waals surface area contributed by atoms with E-state index in [1.54, 1.807) is 19.4 Å². The standard InChI is InChI=1S/C32H40N6O3/c1-34-30-11-10-24(19-35-30)23-8-6-22(7-9-23)15-27(33)17-32(40)37-12-3-5-25(21-37)28-16-26-20-36-31(39)18-29(26)38(28)13-4-14-41-2/h6-11,16,18-20,25,27H,3-5,12-15,17,21,33H2,1-2H3,(H,34,35)(H,36,39). The average Bonchev–Trinajstić information content (AvgIpc) is 3.35. The number of aromatic amines is 1. The number of hydrogen-bond donors (Lipinski definition) is 3. The van der Waals surface area contributed by atoms with Gasteiger partial charge in [-0.1, -0.05) is 24.3 Å².